The first-order valence-corrected chi connectivity index (χ1v) is 11.7. The third-order valence-corrected chi connectivity index (χ3v) is 5.51. The van der Waals surface area contributed by atoms with Gasteiger partial charge in [-0.05, 0) is 35.9 Å². The number of nitrogens with zero attached hydrogens (tertiary/aromatic N) is 3. The minimum absolute atomic E-state index is 0.0636. The molecule has 2 N–H and O–H groups in total. The number of benzene rings is 2. The average Bonchev–Trinajstić information content (AvgIpc) is 2.75. The second-order valence-corrected chi connectivity index (χ2v) is 9.33. The predicted octanol–water partition coefficient (Wildman–Crippen LogP) is 5.62. The SMILES string of the molecule is CS(=O)(=O)Nc1cc(-c2ccc3ncnc(Nc4cccc(Cl)c4F)c3c2)cnc1C(F)(F)F. The standard InChI is InChI=1S/C21H14ClF4N5O2S/c1-34(32,33)31-17-8-12(9-27-19(17)21(24,25)26)11-5-6-15-13(7-11)20(29-10-28-15)30-16-4-2-3-14(22)18(16)23/h2-10,31H,1H3,(H,28,29,30). The third kappa shape index (κ3) is 5.02. The van der Waals surface area contributed by atoms with Crippen LogP contribution in [0.5, 0.6) is 0 Å². The monoisotopic (exact) mass is 511 g/mol. The number of hydrogen-bond acceptors (Lipinski definition) is 6. The molecule has 0 saturated carbocycles. The van der Waals surface area contributed by atoms with Gasteiger partial charge in [-0.25, -0.2) is 27.8 Å². The molecule has 4 aromatic rings. The Labute approximate surface area is 195 Å². The van der Waals surface area contributed by atoms with Crippen molar-refractivity contribution in [2.24, 2.45) is 0 Å². The maximum Gasteiger partial charge on any atom is 0.435 e. The van der Waals surface area contributed by atoms with Gasteiger partial charge in [0.1, 0.15) is 12.1 Å². The third-order valence-electron chi connectivity index (χ3n) is 4.62. The molecule has 0 aliphatic carbocycles. The van der Waals surface area contributed by atoms with Crippen LogP contribution in [0.1, 0.15) is 5.69 Å². The van der Waals surface area contributed by atoms with Crippen molar-refractivity contribution in [3.63, 3.8) is 0 Å². The maximum atomic E-state index is 14.4. The van der Waals surface area contributed by atoms with E-state index in [0.29, 0.717) is 16.5 Å². The van der Waals surface area contributed by atoms with Crippen molar-refractivity contribution >= 4 is 49.7 Å². The van der Waals surface area contributed by atoms with Gasteiger partial charge in [0.15, 0.2) is 11.5 Å². The van der Waals surface area contributed by atoms with Crippen LogP contribution in [0, 0.1) is 5.82 Å². The van der Waals surface area contributed by atoms with Crippen molar-refractivity contribution < 1.29 is 26.0 Å². The van der Waals surface area contributed by atoms with E-state index in [9.17, 15) is 26.0 Å². The van der Waals surface area contributed by atoms with Gasteiger partial charge in [-0.15, -0.1) is 0 Å². The number of halogens is 5. The summed E-state index contributed by atoms with van der Waals surface area (Å²) in [6.07, 6.45) is -1.90. The molecule has 176 valence electrons. The summed E-state index contributed by atoms with van der Waals surface area (Å²) < 4.78 is 79.4. The summed E-state index contributed by atoms with van der Waals surface area (Å²) in [7, 11) is -4.01. The highest BCUT2D eigenvalue weighted by Gasteiger charge is 2.36. The Balaban J connectivity index is 1.82. The molecule has 0 unspecified atom stereocenters. The normalized spacial score (nSPS) is 12.1. The predicted molar refractivity (Wildman–Crippen MR) is 121 cm³/mol. The molecule has 0 radical (unpaired) electrons. The Morgan fingerprint density at radius 1 is 0.971 bits per heavy atom. The van der Waals surface area contributed by atoms with Crippen molar-refractivity contribution in [1.82, 2.24) is 15.0 Å². The van der Waals surface area contributed by atoms with Crippen LogP contribution in [0.25, 0.3) is 22.0 Å². The first-order chi connectivity index (χ1) is 15.9. The molecule has 4 rings (SSSR count). The van der Waals surface area contributed by atoms with Gasteiger partial charge in [-0.2, -0.15) is 13.2 Å². The molecule has 0 amide bonds. The summed E-state index contributed by atoms with van der Waals surface area (Å²) >= 11 is 5.83. The van der Waals surface area contributed by atoms with Gasteiger partial charge in [0, 0.05) is 17.1 Å². The number of anilines is 3. The van der Waals surface area contributed by atoms with Crippen molar-refractivity contribution in [2.45, 2.75) is 6.18 Å². The van der Waals surface area contributed by atoms with Crippen LogP contribution in [-0.4, -0.2) is 29.6 Å². The fourth-order valence-electron chi connectivity index (χ4n) is 3.19. The zero-order valence-electron chi connectivity index (χ0n) is 17.2. The van der Waals surface area contributed by atoms with Gasteiger partial charge < -0.3 is 5.32 Å². The maximum absolute atomic E-state index is 14.4. The molecule has 13 heteroatoms. The molecule has 7 nitrogen and oxygen atoms in total. The van der Waals surface area contributed by atoms with E-state index in [4.69, 9.17) is 11.6 Å². The quantitative estimate of drug-likeness (QED) is 0.338. The molecular formula is C21H14ClF4N5O2S. The van der Waals surface area contributed by atoms with Crippen LogP contribution in [0.2, 0.25) is 5.02 Å². The number of rotatable bonds is 5. The Bertz CT molecular complexity index is 1510. The molecule has 0 bridgehead atoms. The van der Waals surface area contributed by atoms with Gasteiger partial charge in [-0.3, -0.25) is 4.72 Å². The lowest BCUT2D eigenvalue weighted by molar-refractivity contribution is -0.140. The van der Waals surface area contributed by atoms with Crippen molar-refractivity contribution in [3.8, 4) is 11.1 Å². The summed E-state index contributed by atoms with van der Waals surface area (Å²) in [5.41, 5.74) is -0.952. The molecule has 0 aliphatic rings. The van der Waals surface area contributed by atoms with Crippen molar-refractivity contribution in [1.29, 1.82) is 0 Å². The molecule has 2 aromatic carbocycles. The highest BCUT2D eigenvalue weighted by molar-refractivity contribution is 7.92. The fourth-order valence-corrected chi connectivity index (χ4v) is 3.92. The number of alkyl halides is 3. The Morgan fingerprint density at radius 3 is 2.44 bits per heavy atom. The van der Waals surface area contributed by atoms with Crippen LogP contribution in [-0.2, 0) is 16.2 Å². The fraction of sp³-hybridized carbons (Fsp3) is 0.0952. The average molecular weight is 512 g/mol. The topological polar surface area (TPSA) is 96.9 Å². The number of pyridine rings is 1. The summed E-state index contributed by atoms with van der Waals surface area (Å²) in [6, 6.07) is 10.2. The summed E-state index contributed by atoms with van der Waals surface area (Å²) in [5.74, 6) is -0.460. The van der Waals surface area contributed by atoms with E-state index in [1.54, 1.807) is 24.3 Å². The smallest absolute Gasteiger partial charge is 0.337 e. The highest BCUT2D eigenvalue weighted by atomic mass is 35.5. The molecule has 34 heavy (non-hydrogen) atoms. The number of sulfonamides is 1. The van der Waals surface area contributed by atoms with Crippen LogP contribution in [0.3, 0.4) is 0 Å². The van der Waals surface area contributed by atoms with E-state index >= 15 is 0 Å². The second-order valence-electron chi connectivity index (χ2n) is 7.17. The Hall–Kier alpha value is -3.51. The lowest BCUT2D eigenvalue weighted by Crippen LogP contribution is -2.17. The molecule has 2 heterocycles. The number of hydrogen-bond donors (Lipinski definition) is 2. The van der Waals surface area contributed by atoms with Crippen molar-refractivity contribution in [2.75, 3.05) is 16.3 Å². The van der Waals surface area contributed by atoms with E-state index in [1.165, 1.54) is 18.5 Å². The summed E-state index contributed by atoms with van der Waals surface area (Å²) in [6.45, 7) is 0. The Morgan fingerprint density at radius 2 is 1.74 bits per heavy atom. The highest BCUT2D eigenvalue weighted by Crippen LogP contribution is 2.37. The molecule has 0 fully saturated rings. The van der Waals surface area contributed by atoms with Crippen LogP contribution < -0.4 is 10.0 Å². The molecule has 2 aromatic heterocycles. The number of fused-ring (bicyclic) bond motifs is 1. The first kappa shape index (κ1) is 23.6. The Kier molecular flexibility index (Phi) is 6.04. The second kappa shape index (κ2) is 8.69. The number of nitrogens with one attached hydrogen (secondary N) is 2. The van der Waals surface area contributed by atoms with Gasteiger partial charge >= 0.3 is 6.18 Å². The molecular weight excluding hydrogens is 498 g/mol. The van der Waals surface area contributed by atoms with E-state index in [0.717, 1.165) is 18.5 Å². The molecule has 0 saturated heterocycles. The van der Waals surface area contributed by atoms with E-state index in [2.05, 4.69) is 20.3 Å². The van der Waals surface area contributed by atoms with Gasteiger partial charge in [-0.1, -0.05) is 23.7 Å². The van der Waals surface area contributed by atoms with Gasteiger partial charge in [0.2, 0.25) is 10.0 Å². The molecule has 0 aliphatic heterocycles. The minimum atomic E-state index is -4.87. The molecule has 0 spiro atoms. The summed E-state index contributed by atoms with van der Waals surface area (Å²) in [4.78, 5) is 11.7. The minimum Gasteiger partial charge on any atom is -0.337 e. The van der Waals surface area contributed by atoms with Gasteiger partial charge in [0.05, 0.1) is 28.2 Å². The van der Waals surface area contributed by atoms with Crippen LogP contribution in [0.4, 0.5) is 34.8 Å². The van der Waals surface area contributed by atoms with Crippen LogP contribution in [0.15, 0.2) is 55.0 Å². The first-order valence-electron chi connectivity index (χ1n) is 9.43. The van der Waals surface area contributed by atoms with E-state index < -0.39 is 33.4 Å². The zero-order valence-corrected chi connectivity index (χ0v) is 18.7. The van der Waals surface area contributed by atoms with E-state index in [-0.39, 0.29) is 22.1 Å². The lowest BCUT2D eigenvalue weighted by atomic mass is 10.0. The van der Waals surface area contributed by atoms with E-state index in [1.807, 2.05) is 4.72 Å². The summed E-state index contributed by atoms with van der Waals surface area (Å²) in [5, 5.41) is 3.18. The number of aromatic nitrogens is 3. The van der Waals surface area contributed by atoms with Crippen LogP contribution >= 0.6 is 11.6 Å². The largest absolute Gasteiger partial charge is 0.435 e. The molecule has 0 atom stereocenters. The lowest BCUT2D eigenvalue weighted by Gasteiger charge is -2.15. The van der Waals surface area contributed by atoms with Gasteiger partial charge in [0.25, 0.3) is 0 Å². The zero-order chi connectivity index (χ0) is 24.7. The van der Waals surface area contributed by atoms with Crippen molar-refractivity contribution in [3.05, 3.63) is 71.5 Å².